The van der Waals surface area contributed by atoms with Crippen LogP contribution in [0.1, 0.15) is 5.69 Å². The normalized spacial score (nSPS) is 11.0. The molecule has 14 heavy (non-hydrogen) atoms. The molecule has 0 amide bonds. The Hall–Kier alpha value is -1.00. The summed E-state index contributed by atoms with van der Waals surface area (Å²) in [5.74, 6) is 0.275. The highest BCUT2D eigenvalue weighted by Gasteiger charge is 2.08. The van der Waals surface area contributed by atoms with Crippen molar-refractivity contribution in [2.45, 2.75) is 6.42 Å². The fourth-order valence-corrected chi connectivity index (χ4v) is 2.14. The number of hydrogen-bond acceptors (Lipinski definition) is 2. The summed E-state index contributed by atoms with van der Waals surface area (Å²) in [6, 6.07) is 5.25. The molecule has 0 radical (unpaired) electrons. The van der Waals surface area contributed by atoms with Crippen molar-refractivity contribution in [2.75, 3.05) is 6.54 Å². The Balaban J connectivity index is 2.62. The Bertz CT molecular complexity index is 464. The molecule has 0 unspecified atom stereocenters. The van der Waals surface area contributed by atoms with E-state index < -0.39 is 0 Å². The van der Waals surface area contributed by atoms with Crippen molar-refractivity contribution >= 4 is 26.8 Å². The summed E-state index contributed by atoms with van der Waals surface area (Å²) in [5, 5.41) is 10.3. The molecule has 2 aromatic rings. The highest BCUT2D eigenvalue weighted by Crippen LogP contribution is 2.30. The zero-order valence-corrected chi connectivity index (χ0v) is 9.13. The molecule has 1 heterocycles. The fourth-order valence-electron chi connectivity index (χ4n) is 1.52. The zero-order valence-electron chi connectivity index (χ0n) is 7.55. The van der Waals surface area contributed by atoms with E-state index in [0.29, 0.717) is 6.54 Å². The summed E-state index contributed by atoms with van der Waals surface area (Å²) in [6.07, 6.45) is 0.802. The Kier molecular flexibility index (Phi) is 2.48. The van der Waals surface area contributed by atoms with E-state index >= 15 is 0 Å². The molecule has 3 nitrogen and oxygen atoms in total. The maximum atomic E-state index is 9.33. The van der Waals surface area contributed by atoms with E-state index in [2.05, 4.69) is 20.9 Å². The van der Waals surface area contributed by atoms with Crippen LogP contribution in [0.2, 0.25) is 0 Å². The molecule has 0 fully saturated rings. The lowest BCUT2D eigenvalue weighted by Gasteiger charge is -1.93. The molecule has 0 saturated heterocycles. The van der Waals surface area contributed by atoms with Gasteiger partial charge in [-0.15, -0.1) is 0 Å². The van der Waals surface area contributed by atoms with Gasteiger partial charge in [0.1, 0.15) is 5.75 Å². The number of phenols is 1. The first kappa shape index (κ1) is 9.55. The smallest absolute Gasteiger partial charge is 0.116 e. The Morgan fingerprint density at radius 2 is 2.21 bits per heavy atom. The van der Waals surface area contributed by atoms with Crippen LogP contribution in [-0.2, 0) is 6.42 Å². The third-order valence-corrected chi connectivity index (χ3v) is 3.09. The van der Waals surface area contributed by atoms with Gasteiger partial charge in [-0.25, -0.2) is 0 Å². The first-order valence-electron chi connectivity index (χ1n) is 4.41. The van der Waals surface area contributed by atoms with Crippen LogP contribution in [0, 0.1) is 0 Å². The summed E-state index contributed by atoms with van der Waals surface area (Å²) < 4.78 is 0.994. The SMILES string of the molecule is NCCc1[nH]c2ccc(O)cc2c1Br. The van der Waals surface area contributed by atoms with Crippen molar-refractivity contribution in [1.82, 2.24) is 4.98 Å². The number of nitrogens with two attached hydrogens (primary N) is 1. The summed E-state index contributed by atoms with van der Waals surface area (Å²) in [6.45, 7) is 0.609. The van der Waals surface area contributed by atoms with Crippen molar-refractivity contribution in [1.29, 1.82) is 0 Å². The van der Waals surface area contributed by atoms with Crippen molar-refractivity contribution in [3.05, 3.63) is 28.4 Å². The van der Waals surface area contributed by atoms with Crippen molar-refractivity contribution in [2.24, 2.45) is 5.73 Å². The van der Waals surface area contributed by atoms with Crippen LogP contribution in [-0.4, -0.2) is 16.6 Å². The third-order valence-electron chi connectivity index (χ3n) is 2.18. The number of phenolic OH excluding ortho intramolecular Hbond substituents is 1. The van der Waals surface area contributed by atoms with Gasteiger partial charge in [0.25, 0.3) is 0 Å². The standard InChI is InChI=1S/C10H11BrN2O/c11-10-7-5-6(14)1-2-8(7)13-9(10)3-4-12/h1-2,5,13-14H,3-4,12H2. The Morgan fingerprint density at radius 3 is 2.93 bits per heavy atom. The number of hydrogen-bond donors (Lipinski definition) is 3. The fraction of sp³-hybridized carbons (Fsp3) is 0.200. The minimum absolute atomic E-state index is 0.275. The highest BCUT2D eigenvalue weighted by atomic mass is 79.9. The number of nitrogens with one attached hydrogen (secondary N) is 1. The number of aromatic hydroxyl groups is 1. The molecule has 0 aliphatic rings. The van der Waals surface area contributed by atoms with E-state index in [0.717, 1.165) is 27.5 Å². The first-order chi connectivity index (χ1) is 6.72. The average Bonchev–Trinajstić information content (AvgIpc) is 2.46. The minimum atomic E-state index is 0.275. The van der Waals surface area contributed by atoms with Crippen molar-refractivity contribution < 1.29 is 5.11 Å². The van der Waals surface area contributed by atoms with Gasteiger partial charge in [0.2, 0.25) is 0 Å². The Labute approximate surface area is 90.1 Å². The third kappa shape index (κ3) is 1.51. The second kappa shape index (κ2) is 3.63. The molecule has 0 bridgehead atoms. The number of H-pyrrole nitrogens is 1. The van der Waals surface area contributed by atoms with Crippen LogP contribution in [0.4, 0.5) is 0 Å². The monoisotopic (exact) mass is 254 g/mol. The molecule has 0 saturated carbocycles. The topological polar surface area (TPSA) is 62.0 Å². The molecule has 1 aromatic heterocycles. The van der Waals surface area contributed by atoms with Gasteiger partial charge < -0.3 is 15.8 Å². The van der Waals surface area contributed by atoms with Crippen LogP contribution >= 0.6 is 15.9 Å². The molecule has 74 valence electrons. The molecule has 4 heteroatoms. The van der Waals surface area contributed by atoms with E-state index in [1.165, 1.54) is 0 Å². The summed E-state index contributed by atoms with van der Waals surface area (Å²) in [5.41, 5.74) is 7.58. The van der Waals surface area contributed by atoms with Gasteiger partial charge in [0, 0.05) is 27.5 Å². The van der Waals surface area contributed by atoms with Gasteiger partial charge in [0.05, 0.1) is 0 Å². The number of halogens is 1. The largest absolute Gasteiger partial charge is 0.508 e. The van der Waals surface area contributed by atoms with Crippen LogP contribution in [0.5, 0.6) is 5.75 Å². The summed E-state index contributed by atoms with van der Waals surface area (Å²) in [7, 11) is 0. The predicted octanol–water partition coefficient (Wildman–Crippen LogP) is 2.14. The second-order valence-corrected chi connectivity index (χ2v) is 3.98. The van der Waals surface area contributed by atoms with E-state index in [1.807, 2.05) is 6.07 Å². The predicted molar refractivity (Wildman–Crippen MR) is 60.4 cm³/mol. The van der Waals surface area contributed by atoms with E-state index in [9.17, 15) is 5.11 Å². The molecule has 2 rings (SSSR count). The van der Waals surface area contributed by atoms with E-state index in [-0.39, 0.29) is 5.75 Å². The lowest BCUT2D eigenvalue weighted by atomic mass is 10.2. The van der Waals surface area contributed by atoms with E-state index in [4.69, 9.17) is 5.73 Å². The number of aromatic nitrogens is 1. The van der Waals surface area contributed by atoms with Gasteiger partial charge in [0.15, 0.2) is 0 Å². The minimum Gasteiger partial charge on any atom is -0.508 e. The quantitative estimate of drug-likeness (QED) is 0.769. The average molecular weight is 255 g/mol. The number of fused-ring (bicyclic) bond motifs is 1. The number of benzene rings is 1. The van der Waals surface area contributed by atoms with Crippen molar-refractivity contribution in [3.63, 3.8) is 0 Å². The van der Waals surface area contributed by atoms with Crippen LogP contribution in [0.25, 0.3) is 10.9 Å². The van der Waals surface area contributed by atoms with Gasteiger partial charge >= 0.3 is 0 Å². The lowest BCUT2D eigenvalue weighted by Crippen LogP contribution is -2.03. The lowest BCUT2D eigenvalue weighted by molar-refractivity contribution is 0.476. The van der Waals surface area contributed by atoms with Gasteiger partial charge in [-0.1, -0.05) is 0 Å². The second-order valence-electron chi connectivity index (χ2n) is 3.19. The number of aromatic amines is 1. The maximum Gasteiger partial charge on any atom is 0.116 e. The van der Waals surface area contributed by atoms with Crippen LogP contribution < -0.4 is 5.73 Å². The molecule has 0 aliphatic heterocycles. The molecule has 4 N–H and O–H groups in total. The van der Waals surface area contributed by atoms with Gasteiger partial charge in [-0.3, -0.25) is 0 Å². The molecular formula is C10H11BrN2O. The maximum absolute atomic E-state index is 9.33. The molecule has 0 spiro atoms. The van der Waals surface area contributed by atoms with E-state index in [1.54, 1.807) is 12.1 Å². The molecule has 0 atom stereocenters. The molecule has 0 aliphatic carbocycles. The summed E-state index contributed by atoms with van der Waals surface area (Å²) in [4.78, 5) is 3.25. The highest BCUT2D eigenvalue weighted by molar-refractivity contribution is 9.10. The van der Waals surface area contributed by atoms with Gasteiger partial charge in [-0.2, -0.15) is 0 Å². The molecular weight excluding hydrogens is 244 g/mol. The first-order valence-corrected chi connectivity index (χ1v) is 5.21. The number of rotatable bonds is 2. The Morgan fingerprint density at radius 1 is 1.43 bits per heavy atom. The van der Waals surface area contributed by atoms with Crippen molar-refractivity contribution in [3.8, 4) is 5.75 Å². The van der Waals surface area contributed by atoms with Gasteiger partial charge in [-0.05, 0) is 40.7 Å². The van der Waals surface area contributed by atoms with Crippen LogP contribution in [0.3, 0.4) is 0 Å². The summed E-state index contributed by atoms with van der Waals surface area (Å²) >= 11 is 3.49. The van der Waals surface area contributed by atoms with Crippen LogP contribution in [0.15, 0.2) is 22.7 Å². The molecule has 1 aromatic carbocycles. The zero-order chi connectivity index (χ0) is 10.1.